The SMILES string of the molecule is CNC(Cc1cncs1)C(C)(C)N1CCCCCC1. The van der Waals surface area contributed by atoms with Gasteiger partial charge >= 0.3 is 0 Å². The van der Waals surface area contributed by atoms with Gasteiger partial charge in [-0.15, -0.1) is 11.3 Å². The van der Waals surface area contributed by atoms with E-state index in [1.54, 1.807) is 11.3 Å². The zero-order valence-corrected chi connectivity index (χ0v) is 13.3. The molecule has 0 bridgehead atoms. The number of thiazole rings is 1. The van der Waals surface area contributed by atoms with E-state index in [1.807, 2.05) is 11.7 Å². The van der Waals surface area contributed by atoms with Crippen molar-refractivity contribution in [3.8, 4) is 0 Å². The highest BCUT2D eigenvalue weighted by Gasteiger charge is 2.34. The van der Waals surface area contributed by atoms with Crippen molar-refractivity contribution in [3.63, 3.8) is 0 Å². The van der Waals surface area contributed by atoms with Crippen LogP contribution in [0.15, 0.2) is 11.7 Å². The van der Waals surface area contributed by atoms with Crippen LogP contribution in [0, 0.1) is 0 Å². The monoisotopic (exact) mass is 281 g/mol. The molecule has 19 heavy (non-hydrogen) atoms. The number of nitrogens with one attached hydrogen (secondary N) is 1. The van der Waals surface area contributed by atoms with E-state index in [1.165, 1.54) is 43.6 Å². The molecule has 0 aliphatic carbocycles. The molecule has 1 aliphatic heterocycles. The summed E-state index contributed by atoms with van der Waals surface area (Å²) in [4.78, 5) is 8.26. The van der Waals surface area contributed by atoms with Crippen LogP contribution in [0.25, 0.3) is 0 Å². The number of likely N-dealkylation sites (tertiary alicyclic amines) is 1. The Bertz CT molecular complexity index is 353. The predicted octanol–water partition coefficient (Wildman–Crippen LogP) is 2.93. The summed E-state index contributed by atoms with van der Waals surface area (Å²) >= 11 is 1.76. The van der Waals surface area contributed by atoms with Crippen molar-refractivity contribution < 1.29 is 0 Å². The van der Waals surface area contributed by atoms with Gasteiger partial charge in [0, 0.05) is 29.1 Å². The van der Waals surface area contributed by atoms with Crippen LogP contribution in [-0.4, -0.2) is 41.6 Å². The second-order valence-corrected chi connectivity index (χ2v) is 7.04. The van der Waals surface area contributed by atoms with Crippen molar-refractivity contribution in [1.82, 2.24) is 15.2 Å². The predicted molar refractivity (Wildman–Crippen MR) is 82.8 cm³/mol. The maximum absolute atomic E-state index is 4.20. The summed E-state index contributed by atoms with van der Waals surface area (Å²) in [5.74, 6) is 0. The zero-order valence-electron chi connectivity index (χ0n) is 12.5. The van der Waals surface area contributed by atoms with Crippen LogP contribution in [0.2, 0.25) is 0 Å². The van der Waals surface area contributed by atoms with Crippen molar-refractivity contribution in [3.05, 3.63) is 16.6 Å². The van der Waals surface area contributed by atoms with Crippen LogP contribution in [0.1, 0.15) is 44.4 Å². The Balaban J connectivity index is 2.05. The van der Waals surface area contributed by atoms with Crippen LogP contribution in [0.3, 0.4) is 0 Å². The van der Waals surface area contributed by atoms with Gasteiger partial charge in [0.1, 0.15) is 0 Å². The molecule has 0 saturated carbocycles. The van der Waals surface area contributed by atoms with Gasteiger partial charge in [-0.25, -0.2) is 0 Å². The molecule has 1 unspecified atom stereocenters. The largest absolute Gasteiger partial charge is 0.315 e. The summed E-state index contributed by atoms with van der Waals surface area (Å²) in [7, 11) is 2.09. The first-order valence-electron chi connectivity index (χ1n) is 7.44. The second-order valence-electron chi connectivity index (χ2n) is 6.07. The first kappa shape index (κ1) is 14.9. The van der Waals surface area contributed by atoms with E-state index < -0.39 is 0 Å². The molecule has 108 valence electrons. The number of rotatable bonds is 5. The Morgan fingerprint density at radius 1 is 1.32 bits per heavy atom. The third kappa shape index (κ3) is 3.77. The maximum Gasteiger partial charge on any atom is 0.0794 e. The van der Waals surface area contributed by atoms with Crippen LogP contribution >= 0.6 is 11.3 Å². The molecule has 0 amide bonds. The smallest absolute Gasteiger partial charge is 0.0794 e. The van der Waals surface area contributed by atoms with Crippen LogP contribution in [0.5, 0.6) is 0 Å². The maximum atomic E-state index is 4.20. The molecule has 1 saturated heterocycles. The average Bonchev–Trinajstić information content (AvgIpc) is 2.74. The summed E-state index contributed by atoms with van der Waals surface area (Å²) < 4.78 is 0. The molecular weight excluding hydrogens is 254 g/mol. The van der Waals surface area contributed by atoms with E-state index in [0.717, 1.165) is 6.42 Å². The van der Waals surface area contributed by atoms with E-state index in [-0.39, 0.29) is 5.54 Å². The van der Waals surface area contributed by atoms with Gasteiger partial charge in [0.25, 0.3) is 0 Å². The molecule has 2 rings (SSSR count). The highest BCUT2D eigenvalue weighted by Crippen LogP contribution is 2.26. The Kier molecular flexibility index (Phi) is 5.37. The number of likely N-dealkylation sites (N-methyl/N-ethyl adjacent to an activating group) is 1. The lowest BCUT2D eigenvalue weighted by molar-refractivity contribution is 0.0867. The van der Waals surface area contributed by atoms with Crippen LogP contribution in [-0.2, 0) is 6.42 Å². The quantitative estimate of drug-likeness (QED) is 0.899. The highest BCUT2D eigenvalue weighted by atomic mass is 32.1. The van der Waals surface area contributed by atoms with Crippen molar-refractivity contribution in [2.45, 2.75) is 57.5 Å². The Hall–Kier alpha value is -0.450. The van der Waals surface area contributed by atoms with Gasteiger partial charge in [-0.3, -0.25) is 9.88 Å². The molecule has 1 aromatic rings. The lowest BCUT2D eigenvalue weighted by Gasteiger charge is -2.44. The first-order chi connectivity index (χ1) is 9.14. The number of aromatic nitrogens is 1. The summed E-state index contributed by atoms with van der Waals surface area (Å²) in [5.41, 5.74) is 2.13. The van der Waals surface area contributed by atoms with E-state index in [4.69, 9.17) is 0 Å². The molecule has 1 fully saturated rings. The van der Waals surface area contributed by atoms with Crippen LogP contribution in [0.4, 0.5) is 0 Å². The lowest BCUT2D eigenvalue weighted by Crippen LogP contribution is -2.58. The van der Waals surface area contributed by atoms with E-state index in [2.05, 4.69) is 36.1 Å². The summed E-state index contributed by atoms with van der Waals surface area (Å²) in [5, 5.41) is 3.54. The Morgan fingerprint density at radius 2 is 2.00 bits per heavy atom. The molecule has 1 aliphatic rings. The molecule has 1 aromatic heterocycles. The second kappa shape index (κ2) is 6.82. The number of hydrogen-bond donors (Lipinski definition) is 1. The van der Waals surface area contributed by atoms with Crippen LogP contribution < -0.4 is 5.32 Å². The molecule has 4 heteroatoms. The lowest BCUT2D eigenvalue weighted by atomic mass is 9.89. The Morgan fingerprint density at radius 3 is 2.53 bits per heavy atom. The fraction of sp³-hybridized carbons (Fsp3) is 0.800. The summed E-state index contributed by atoms with van der Waals surface area (Å²) in [6.07, 6.45) is 8.57. The molecular formula is C15H27N3S. The standard InChI is InChI=1S/C15H27N3S/c1-15(2,18-8-6-4-5-7-9-18)14(16-3)10-13-11-17-12-19-13/h11-12,14,16H,4-10H2,1-3H3. The van der Waals surface area contributed by atoms with Gasteiger partial charge in [0.15, 0.2) is 0 Å². The molecule has 3 nitrogen and oxygen atoms in total. The minimum Gasteiger partial charge on any atom is -0.315 e. The Labute approximate surface area is 121 Å². The minimum absolute atomic E-state index is 0.198. The van der Waals surface area contributed by atoms with E-state index in [0.29, 0.717) is 6.04 Å². The molecule has 1 atom stereocenters. The molecule has 1 N–H and O–H groups in total. The number of hydrogen-bond acceptors (Lipinski definition) is 4. The fourth-order valence-corrected chi connectivity index (χ4v) is 3.76. The number of nitrogens with zero attached hydrogens (tertiary/aromatic N) is 2. The van der Waals surface area contributed by atoms with Crippen molar-refractivity contribution in [2.75, 3.05) is 20.1 Å². The zero-order chi connectivity index (χ0) is 13.7. The van der Waals surface area contributed by atoms with Gasteiger partial charge in [-0.1, -0.05) is 12.8 Å². The minimum atomic E-state index is 0.198. The third-order valence-corrected chi connectivity index (χ3v) is 5.31. The highest BCUT2D eigenvalue weighted by molar-refractivity contribution is 7.09. The van der Waals surface area contributed by atoms with E-state index in [9.17, 15) is 0 Å². The van der Waals surface area contributed by atoms with E-state index >= 15 is 0 Å². The molecule has 0 radical (unpaired) electrons. The van der Waals surface area contributed by atoms with Gasteiger partial charge in [-0.2, -0.15) is 0 Å². The first-order valence-corrected chi connectivity index (χ1v) is 8.32. The van der Waals surface area contributed by atoms with Crippen molar-refractivity contribution in [2.24, 2.45) is 0 Å². The van der Waals surface area contributed by atoms with Gasteiger partial charge in [0.2, 0.25) is 0 Å². The topological polar surface area (TPSA) is 28.2 Å². The average molecular weight is 281 g/mol. The fourth-order valence-electron chi connectivity index (χ4n) is 3.12. The summed E-state index contributed by atoms with van der Waals surface area (Å²) in [6, 6.07) is 0.478. The normalized spacial score (nSPS) is 20.2. The van der Waals surface area contributed by atoms with Crippen molar-refractivity contribution >= 4 is 11.3 Å². The third-order valence-electron chi connectivity index (χ3n) is 4.51. The molecule has 0 spiro atoms. The van der Waals surface area contributed by atoms with Crippen molar-refractivity contribution in [1.29, 1.82) is 0 Å². The van der Waals surface area contributed by atoms with Gasteiger partial charge in [-0.05, 0) is 46.8 Å². The molecule has 0 aromatic carbocycles. The molecule has 2 heterocycles. The van der Waals surface area contributed by atoms with Gasteiger partial charge in [0.05, 0.1) is 5.51 Å². The van der Waals surface area contributed by atoms with Gasteiger partial charge < -0.3 is 5.32 Å². The summed E-state index contributed by atoms with van der Waals surface area (Å²) in [6.45, 7) is 7.27.